The minimum absolute atomic E-state index is 0.0970. The van der Waals surface area contributed by atoms with E-state index in [1.54, 1.807) is 0 Å². The summed E-state index contributed by atoms with van der Waals surface area (Å²) in [5.74, 6) is -0.351. The van der Waals surface area contributed by atoms with Crippen LogP contribution in [0.1, 0.15) is 129 Å². The van der Waals surface area contributed by atoms with E-state index in [-0.39, 0.29) is 32.3 Å². The lowest BCUT2D eigenvalue weighted by Crippen LogP contribution is -2.28. The molecule has 42 heavy (non-hydrogen) atoms. The summed E-state index contributed by atoms with van der Waals surface area (Å²) in [6, 6.07) is 0. The molecule has 0 radical (unpaired) electrons. The summed E-state index contributed by atoms with van der Waals surface area (Å²) in [7, 11) is -4.26. The molecule has 0 saturated carbocycles. The molecule has 8 nitrogen and oxygen atoms in total. The first-order valence-corrected chi connectivity index (χ1v) is 18.0. The fraction of sp³-hybridized carbons (Fsp3) is 0.788. The summed E-state index contributed by atoms with van der Waals surface area (Å²) in [6.07, 6.45) is 31.6. The maximum Gasteiger partial charge on any atom is 0.472 e. The SMILES string of the molecule is CC/C=C\C/C=C\C/C=C\CCCCCCCC(=O)OC(COCCCCCCCCCC)COP(=O)(O)OCCN. The predicted octanol–water partition coefficient (Wildman–Crippen LogP) is 8.74. The van der Waals surface area contributed by atoms with Gasteiger partial charge in [-0.25, -0.2) is 4.57 Å². The number of hydrogen-bond acceptors (Lipinski definition) is 7. The fourth-order valence-corrected chi connectivity index (χ4v) is 4.95. The molecule has 3 N–H and O–H groups in total. The van der Waals surface area contributed by atoms with E-state index in [1.165, 1.54) is 38.5 Å². The Hall–Kier alpha value is -1.28. The molecule has 0 spiro atoms. The zero-order chi connectivity index (χ0) is 31.0. The van der Waals surface area contributed by atoms with Crippen LogP contribution in [0.5, 0.6) is 0 Å². The Morgan fingerprint density at radius 3 is 2.00 bits per heavy atom. The van der Waals surface area contributed by atoms with E-state index < -0.39 is 13.9 Å². The molecule has 0 amide bonds. The number of esters is 1. The molecule has 0 bridgehead atoms. The van der Waals surface area contributed by atoms with Gasteiger partial charge >= 0.3 is 13.8 Å². The molecule has 0 aromatic carbocycles. The Balaban J connectivity index is 4.16. The van der Waals surface area contributed by atoms with E-state index in [2.05, 4.69) is 50.3 Å². The summed E-state index contributed by atoms with van der Waals surface area (Å²) < 4.78 is 33.1. The maximum absolute atomic E-state index is 12.4. The molecule has 0 aliphatic carbocycles. The second-order valence-corrected chi connectivity index (χ2v) is 12.1. The van der Waals surface area contributed by atoms with Crippen molar-refractivity contribution in [3.05, 3.63) is 36.5 Å². The van der Waals surface area contributed by atoms with Gasteiger partial charge in [-0.1, -0.05) is 115 Å². The average Bonchev–Trinajstić information content (AvgIpc) is 2.97. The summed E-state index contributed by atoms with van der Waals surface area (Å²) in [5, 5.41) is 0. The predicted molar refractivity (Wildman–Crippen MR) is 173 cm³/mol. The third kappa shape index (κ3) is 30.2. The highest BCUT2D eigenvalue weighted by molar-refractivity contribution is 7.47. The van der Waals surface area contributed by atoms with Gasteiger partial charge in [0.1, 0.15) is 6.10 Å². The number of nitrogens with two attached hydrogens (primary N) is 1. The summed E-state index contributed by atoms with van der Waals surface area (Å²) in [6.45, 7) is 4.74. The first-order valence-electron chi connectivity index (χ1n) is 16.5. The second kappa shape index (κ2) is 31.2. The summed E-state index contributed by atoms with van der Waals surface area (Å²) in [5.41, 5.74) is 5.32. The van der Waals surface area contributed by atoms with E-state index in [0.29, 0.717) is 13.0 Å². The first-order chi connectivity index (χ1) is 20.4. The molecule has 2 unspecified atom stereocenters. The van der Waals surface area contributed by atoms with Crippen molar-refractivity contribution in [2.45, 2.75) is 136 Å². The van der Waals surface area contributed by atoms with Crippen LogP contribution in [0, 0.1) is 0 Å². The van der Waals surface area contributed by atoms with Crippen molar-refractivity contribution >= 4 is 13.8 Å². The minimum atomic E-state index is -4.26. The van der Waals surface area contributed by atoms with Crippen LogP contribution in [0.3, 0.4) is 0 Å². The van der Waals surface area contributed by atoms with Crippen LogP contribution in [0.15, 0.2) is 36.5 Å². The van der Waals surface area contributed by atoms with Gasteiger partial charge in [-0.3, -0.25) is 13.8 Å². The highest BCUT2D eigenvalue weighted by atomic mass is 31.2. The molecular formula is C33H62NO7P. The van der Waals surface area contributed by atoms with Gasteiger partial charge in [0, 0.05) is 19.6 Å². The zero-order valence-corrected chi connectivity index (χ0v) is 27.6. The molecule has 0 aromatic rings. The van der Waals surface area contributed by atoms with Crippen LogP contribution < -0.4 is 5.73 Å². The van der Waals surface area contributed by atoms with Crippen molar-refractivity contribution in [1.29, 1.82) is 0 Å². The Bertz CT molecular complexity index is 742. The number of phosphoric acid groups is 1. The standard InChI is InChI=1S/C33H62NO7P/c1-3-5-7-9-11-13-14-15-16-17-18-19-20-22-24-26-33(35)41-32(31-40-42(36,37)39-29-27-34)30-38-28-25-23-21-12-10-8-6-4-2/h5,7,11,13,15-16,32H,3-4,6,8-10,12,14,17-31,34H2,1-2H3,(H,36,37)/b7-5-,13-11-,16-15-. The minimum Gasteiger partial charge on any atom is -0.457 e. The van der Waals surface area contributed by atoms with Crippen LogP contribution in [0.2, 0.25) is 0 Å². The van der Waals surface area contributed by atoms with E-state index in [4.69, 9.17) is 24.3 Å². The Kier molecular flexibility index (Phi) is 30.2. The Labute approximate surface area is 257 Å². The van der Waals surface area contributed by atoms with Gasteiger partial charge in [0.15, 0.2) is 0 Å². The lowest BCUT2D eigenvalue weighted by molar-refractivity contribution is -0.154. The number of ether oxygens (including phenoxy) is 2. The molecular weight excluding hydrogens is 553 g/mol. The molecule has 0 fully saturated rings. The van der Waals surface area contributed by atoms with Crippen LogP contribution >= 0.6 is 7.82 Å². The van der Waals surface area contributed by atoms with Gasteiger partial charge < -0.3 is 20.1 Å². The largest absolute Gasteiger partial charge is 0.472 e. The number of allylic oxidation sites excluding steroid dienone is 6. The second-order valence-electron chi connectivity index (χ2n) is 10.6. The Morgan fingerprint density at radius 2 is 1.33 bits per heavy atom. The molecule has 0 saturated heterocycles. The van der Waals surface area contributed by atoms with Crippen molar-refractivity contribution in [2.24, 2.45) is 5.73 Å². The topological polar surface area (TPSA) is 117 Å². The van der Waals surface area contributed by atoms with E-state index >= 15 is 0 Å². The van der Waals surface area contributed by atoms with Crippen molar-refractivity contribution in [1.82, 2.24) is 0 Å². The van der Waals surface area contributed by atoms with Gasteiger partial charge in [0.2, 0.25) is 0 Å². The van der Waals surface area contributed by atoms with Gasteiger partial charge in [-0.15, -0.1) is 0 Å². The normalized spacial score (nSPS) is 14.3. The number of carbonyl (C=O) groups excluding carboxylic acids is 1. The molecule has 246 valence electrons. The van der Waals surface area contributed by atoms with Crippen molar-refractivity contribution < 1.29 is 32.8 Å². The lowest BCUT2D eigenvalue weighted by atomic mass is 10.1. The van der Waals surface area contributed by atoms with Crippen LogP contribution in [0.4, 0.5) is 0 Å². The van der Waals surface area contributed by atoms with Gasteiger partial charge in [-0.05, 0) is 44.9 Å². The smallest absolute Gasteiger partial charge is 0.457 e. The molecule has 0 aromatic heterocycles. The summed E-state index contributed by atoms with van der Waals surface area (Å²) >= 11 is 0. The third-order valence-electron chi connectivity index (χ3n) is 6.57. The van der Waals surface area contributed by atoms with E-state index in [0.717, 1.165) is 70.6 Å². The zero-order valence-electron chi connectivity index (χ0n) is 26.7. The lowest BCUT2D eigenvalue weighted by Gasteiger charge is -2.20. The molecule has 0 rings (SSSR count). The van der Waals surface area contributed by atoms with Gasteiger partial charge in [0.25, 0.3) is 0 Å². The highest BCUT2D eigenvalue weighted by Crippen LogP contribution is 2.43. The van der Waals surface area contributed by atoms with Crippen molar-refractivity contribution in [3.8, 4) is 0 Å². The number of rotatable bonds is 31. The molecule has 0 heterocycles. The maximum atomic E-state index is 12.4. The molecule has 0 aliphatic rings. The van der Waals surface area contributed by atoms with E-state index in [9.17, 15) is 14.3 Å². The fourth-order valence-electron chi connectivity index (χ4n) is 4.18. The molecule has 2 atom stereocenters. The Morgan fingerprint density at radius 1 is 0.738 bits per heavy atom. The van der Waals surface area contributed by atoms with Crippen molar-refractivity contribution in [2.75, 3.05) is 33.0 Å². The summed E-state index contributed by atoms with van der Waals surface area (Å²) in [4.78, 5) is 22.2. The average molecular weight is 616 g/mol. The van der Waals surface area contributed by atoms with Crippen LogP contribution in [-0.2, 0) is 27.9 Å². The number of unbranched alkanes of at least 4 members (excludes halogenated alkanes) is 12. The monoisotopic (exact) mass is 615 g/mol. The highest BCUT2D eigenvalue weighted by Gasteiger charge is 2.25. The van der Waals surface area contributed by atoms with Crippen LogP contribution in [0.25, 0.3) is 0 Å². The van der Waals surface area contributed by atoms with Crippen LogP contribution in [-0.4, -0.2) is 49.9 Å². The first kappa shape index (κ1) is 40.7. The number of hydrogen-bond donors (Lipinski definition) is 2. The molecule has 0 aliphatic heterocycles. The molecule has 9 heteroatoms. The third-order valence-corrected chi connectivity index (χ3v) is 7.56. The van der Waals surface area contributed by atoms with Gasteiger partial charge in [-0.2, -0.15) is 0 Å². The van der Waals surface area contributed by atoms with Crippen molar-refractivity contribution in [3.63, 3.8) is 0 Å². The number of phosphoric ester groups is 1. The van der Waals surface area contributed by atoms with E-state index in [1.807, 2.05) is 0 Å². The van der Waals surface area contributed by atoms with Gasteiger partial charge in [0.05, 0.1) is 19.8 Å². The number of carbonyl (C=O) groups is 1. The quantitative estimate of drug-likeness (QED) is 0.0344.